The summed E-state index contributed by atoms with van der Waals surface area (Å²) in [6, 6.07) is -0.770. The molecule has 0 heterocycles. The zero-order chi connectivity index (χ0) is 50.6. The number of nitrogens with one attached hydrogen (secondary N) is 1. The van der Waals surface area contributed by atoms with E-state index in [1.54, 1.807) is 0 Å². The largest absolute Gasteiger partial charge is 0.472 e. The molecule has 0 aliphatic heterocycles. The maximum absolute atomic E-state index is 13.0. The molecule has 0 rings (SSSR count). The van der Waals surface area contributed by atoms with Crippen LogP contribution >= 0.6 is 7.82 Å². The smallest absolute Gasteiger partial charge is 0.391 e. The van der Waals surface area contributed by atoms with Crippen LogP contribution in [0.4, 0.5) is 0 Å². The fraction of sp³-hybridized carbons (Fsp3) is 0.783. The van der Waals surface area contributed by atoms with Gasteiger partial charge in [-0.3, -0.25) is 13.8 Å². The van der Waals surface area contributed by atoms with Gasteiger partial charge in [-0.15, -0.1) is 0 Å². The van der Waals surface area contributed by atoms with Crippen LogP contribution in [0.3, 0.4) is 0 Å². The number of phosphoric acid groups is 1. The summed E-state index contributed by atoms with van der Waals surface area (Å²) in [6.45, 7) is 4.78. The summed E-state index contributed by atoms with van der Waals surface area (Å²) in [5, 5.41) is 14.1. The van der Waals surface area contributed by atoms with Crippen molar-refractivity contribution in [2.45, 2.75) is 264 Å². The quantitative estimate of drug-likeness (QED) is 0.0243. The number of aliphatic hydroxyl groups is 1. The Hall–Kier alpha value is -2.06. The van der Waals surface area contributed by atoms with Gasteiger partial charge in [0.1, 0.15) is 13.2 Å². The molecule has 69 heavy (non-hydrogen) atoms. The van der Waals surface area contributed by atoms with Gasteiger partial charge >= 0.3 is 7.82 Å². The average molecular weight is 989 g/mol. The highest BCUT2D eigenvalue weighted by atomic mass is 31.2. The molecule has 0 aliphatic carbocycles. The second kappa shape index (κ2) is 50.9. The first-order chi connectivity index (χ1) is 33.5. The Morgan fingerprint density at radius 3 is 1.28 bits per heavy atom. The molecule has 0 spiro atoms. The molecule has 8 nitrogen and oxygen atoms in total. The number of quaternary nitrogens is 1. The summed E-state index contributed by atoms with van der Waals surface area (Å²) in [6.07, 6.45) is 69.5. The molecule has 0 saturated carbocycles. The summed E-state index contributed by atoms with van der Waals surface area (Å²) < 4.78 is 23.8. The van der Waals surface area contributed by atoms with Gasteiger partial charge in [-0.25, -0.2) is 4.57 Å². The topological polar surface area (TPSA) is 105 Å². The molecule has 0 fully saturated rings. The number of hydrogen-bond acceptors (Lipinski definition) is 5. The van der Waals surface area contributed by atoms with E-state index in [9.17, 15) is 19.4 Å². The van der Waals surface area contributed by atoms with Crippen molar-refractivity contribution in [3.8, 4) is 0 Å². The van der Waals surface area contributed by atoms with Gasteiger partial charge in [0.05, 0.1) is 39.9 Å². The minimum atomic E-state index is -4.33. The highest BCUT2D eigenvalue weighted by molar-refractivity contribution is 7.47. The number of rotatable bonds is 52. The molecule has 9 heteroatoms. The summed E-state index contributed by atoms with van der Waals surface area (Å²) in [7, 11) is 1.61. The van der Waals surface area contributed by atoms with Crippen LogP contribution in [0.15, 0.2) is 72.9 Å². The van der Waals surface area contributed by atoms with Crippen molar-refractivity contribution < 1.29 is 32.9 Å². The Balaban J connectivity index is 4.22. The molecule has 3 N–H and O–H groups in total. The van der Waals surface area contributed by atoms with Crippen LogP contribution in [0.5, 0.6) is 0 Å². The number of amides is 1. The van der Waals surface area contributed by atoms with E-state index >= 15 is 0 Å². The van der Waals surface area contributed by atoms with Crippen LogP contribution in [0.1, 0.15) is 251 Å². The number of aliphatic hydroxyl groups excluding tert-OH is 1. The Bertz CT molecular complexity index is 1350. The van der Waals surface area contributed by atoms with E-state index in [4.69, 9.17) is 9.05 Å². The molecule has 3 atom stereocenters. The second-order valence-electron chi connectivity index (χ2n) is 20.6. The van der Waals surface area contributed by atoms with Crippen molar-refractivity contribution in [3.63, 3.8) is 0 Å². The molecule has 0 aromatic rings. The van der Waals surface area contributed by atoms with Crippen molar-refractivity contribution in [2.24, 2.45) is 0 Å². The van der Waals surface area contributed by atoms with Crippen LogP contribution in [0.2, 0.25) is 0 Å². The zero-order valence-electron chi connectivity index (χ0n) is 45.8. The molecule has 0 aromatic heterocycles. The molecule has 0 aromatic carbocycles. The first kappa shape index (κ1) is 66.9. The van der Waals surface area contributed by atoms with Gasteiger partial charge in [0.25, 0.3) is 0 Å². The van der Waals surface area contributed by atoms with Crippen LogP contribution in [0.25, 0.3) is 0 Å². The number of carbonyl (C=O) groups excluding carboxylic acids is 1. The van der Waals surface area contributed by atoms with E-state index in [2.05, 4.69) is 92.1 Å². The number of allylic oxidation sites excluding steroid dienone is 12. The van der Waals surface area contributed by atoms with Crippen molar-refractivity contribution >= 4 is 13.7 Å². The van der Waals surface area contributed by atoms with Crippen LogP contribution < -0.4 is 5.32 Å². The first-order valence-electron chi connectivity index (χ1n) is 28.8. The predicted molar refractivity (Wildman–Crippen MR) is 300 cm³/mol. The average Bonchev–Trinajstić information content (AvgIpc) is 3.31. The Kier molecular flexibility index (Phi) is 49.3. The third-order valence-corrected chi connectivity index (χ3v) is 13.7. The highest BCUT2D eigenvalue weighted by Crippen LogP contribution is 2.43. The summed E-state index contributed by atoms with van der Waals surface area (Å²) in [4.78, 5) is 23.3. The van der Waals surface area contributed by atoms with Crippen molar-refractivity contribution in [2.75, 3.05) is 40.9 Å². The standard InChI is InChI=1S/C60H111N2O6P/c1-6-8-10-12-14-16-18-20-22-24-26-28-29-30-31-32-33-34-36-38-40-42-44-46-48-50-52-54-60(64)61-58(57-68-69(65,66)67-56-55-62(3,4)5)59(63)53-51-49-47-45-43-41-39-37-35-27-25-23-21-19-17-15-13-11-9-7-2/h8,10,14,16,20,22,26,28,30-31,33-34,58-59,63H,6-7,9,11-13,15,17-19,21,23-25,27,29,32,35-57H2,1-5H3,(H-,61,64,65,66)/p+1/b10-8-,16-14-,22-20-,28-26-,31-30-,34-33-. The van der Waals surface area contributed by atoms with Gasteiger partial charge in [0.2, 0.25) is 5.91 Å². The van der Waals surface area contributed by atoms with Gasteiger partial charge in [0, 0.05) is 6.42 Å². The fourth-order valence-electron chi connectivity index (χ4n) is 8.23. The van der Waals surface area contributed by atoms with Gasteiger partial charge in [0.15, 0.2) is 0 Å². The normalized spacial score (nSPS) is 14.5. The minimum absolute atomic E-state index is 0.0700. The molecule has 0 radical (unpaired) electrons. The highest BCUT2D eigenvalue weighted by Gasteiger charge is 2.28. The van der Waals surface area contributed by atoms with E-state index in [0.29, 0.717) is 23.9 Å². The van der Waals surface area contributed by atoms with Crippen molar-refractivity contribution in [3.05, 3.63) is 72.9 Å². The number of unbranched alkanes of at least 4 members (excludes halogenated alkanes) is 27. The lowest BCUT2D eigenvalue weighted by Gasteiger charge is -2.26. The number of carbonyl (C=O) groups is 1. The molecular weight excluding hydrogens is 876 g/mol. The van der Waals surface area contributed by atoms with Gasteiger partial charge in [-0.2, -0.15) is 0 Å². The van der Waals surface area contributed by atoms with Gasteiger partial charge in [-0.05, 0) is 64.2 Å². The lowest BCUT2D eigenvalue weighted by Crippen LogP contribution is -2.46. The SMILES string of the molecule is CC/C=C\C/C=C\C/C=C\C/C=C\C/C=C\C/C=C\CCCCCCCCCCC(=O)NC(COP(=O)(O)OCC[N+](C)(C)C)C(O)CCCCCCCCCCCCCCCCCCCCCC. The summed E-state index contributed by atoms with van der Waals surface area (Å²) >= 11 is 0. The van der Waals surface area contributed by atoms with E-state index < -0.39 is 20.0 Å². The third kappa shape index (κ3) is 53.6. The summed E-state index contributed by atoms with van der Waals surface area (Å²) in [5.41, 5.74) is 0. The third-order valence-electron chi connectivity index (χ3n) is 12.7. The van der Waals surface area contributed by atoms with E-state index in [-0.39, 0.29) is 19.1 Å². The first-order valence-corrected chi connectivity index (χ1v) is 30.3. The number of nitrogens with zero attached hydrogens (tertiary/aromatic N) is 1. The Labute approximate surface area is 427 Å². The zero-order valence-corrected chi connectivity index (χ0v) is 46.7. The van der Waals surface area contributed by atoms with Gasteiger partial charge < -0.3 is 19.8 Å². The van der Waals surface area contributed by atoms with E-state index in [1.165, 1.54) is 141 Å². The molecule has 0 bridgehead atoms. The van der Waals surface area contributed by atoms with Gasteiger partial charge in [-0.1, -0.05) is 254 Å². The molecule has 0 saturated heterocycles. The Morgan fingerprint density at radius 2 is 0.870 bits per heavy atom. The van der Waals surface area contributed by atoms with Crippen LogP contribution in [0, 0.1) is 0 Å². The number of phosphoric ester groups is 1. The van der Waals surface area contributed by atoms with Crippen LogP contribution in [-0.4, -0.2) is 73.4 Å². The van der Waals surface area contributed by atoms with Crippen molar-refractivity contribution in [1.82, 2.24) is 5.32 Å². The Morgan fingerprint density at radius 1 is 0.507 bits per heavy atom. The maximum Gasteiger partial charge on any atom is 0.472 e. The minimum Gasteiger partial charge on any atom is -0.391 e. The fourth-order valence-corrected chi connectivity index (χ4v) is 8.96. The molecule has 3 unspecified atom stereocenters. The van der Waals surface area contributed by atoms with Crippen LogP contribution in [-0.2, 0) is 18.4 Å². The maximum atomic E-state index is 13.0. The van der Waals surface area contributed by atoms with E-state index in [1.807, 2.05) is 21.1 Å². The molecule has 0 aliphatic rings. The second-order valence-corrected chi connectivity index (χ2v) is 22.1. The number of hydrogen-bond donors (Lipinski definition) is 3. The summed E-state index contributed by atoms with van der Waals surface area (Å²) in [5.74, 6) is -0.153. The molecule has 1 amide bonds. The number of likely N-dealkylation sites (N-methyl/N-ethyl adjacent to an activating group) is 1. The van der Waals surface area contributed by atoms with E-state index in [0.717, 1.165) is 83.5 Å². The molecular formula is C60H112N2O6P+. The molecule has 402 valence electrons. The lowest BCUT2D eigenvalue weighted by molar-refractivity contribution is -0.870. The lowest BCUT2D eigenvalue weighted by atomic mass is 10.0. The monoisotopic (exact) mass is 988 g/mol. The predicted octanol–water partition coefficient (Wildman–Crippen LogP) is 17.5. The van der Waals surface area contributed by atoms with Crippen molar-refractivity contribution in [1.29, 1.82) is 0 Å².